The van der Waals surface area contributed by atoms with Crippen molar-refractivity contribution in [2.45, 2.75) is 37.9 Å². The number of carbonyl (C=O) groups excluding carboxylic acids is 1. The lowest BCUT2D eigenvalue weighted by Gasteiger charge is -2.30. The highest BCUT2D eigenvalue weighted by Gasteiger charge is 2.33. The zero-order valence-corrected chi connectivity index (χ0v) is 18.9. The predicted octanol–water partition coefficient (Wildman–Crippen LogP) is 1.51. The monoisotopic (exact) mass is 433 g/mol. The lowest BCUT2D eigenvalue weighted by atomic mass is 9.97. The maximum absolute atomic E-state index is 12.8. The standard InChI is InChI=1S/C21H31N5O3S/c1-16-23-20(15-25(16)4)30(28,29)26-11-9-19(10-12-26)21(27)22-13-17-5-7-18(8-6-17)14-24(2)3/h5-8,15,19H,9-14H2,1-4H3,(H,22,27). The molecule has 1 aliphatic heterocycles. The van der Waals surface area contributed by atoms with Crippen molar-refractivity contribution in [3.63, 3.8) is 0 Å². The summed E-state index contributed by atoms with van der Waals surface area (Å²) in [5, 5.41) is 3.06. The fourth-order valence-electron chi connectivity index (χ4n) is 3.60. The molecule has 0 saturated carbocycles. The molecule has 8 nitrogen and oxygen atoms in total. The van der Waals surface area contributed by atoms with Crippen LogP contribution in [0.5, 0.6) is 0 Å². The SMILES string of the molecule is Cc1nc(S(=O)(=O)N2CCC(C(=O)NCc3ccc(CN(C)C)cc3)CC2)cn1C. The molecule has 2 aromatic rings. The second kappa shape index (κ2) is 9.28. The minimum absolute atomic E-state index is 0.0157. The van der Waals surface area contributed by atoms with Crippen molar-refractivity contribution in [2.24, 2.45) is 13.0 Å². The molecule has 1 aromatic heterocycles. The molecule has 2 heterocycles. The van der Waals surface area contributed by atoms with Crippen molar-refractivity contribution in [3.05, 3.63) is 47.4 Å². The van der Waals surface area contributed by atoms with Gasteiger partial charge in [0.2, 0.25) is 5.91 Å². The van der Waals surface area contributed by atoms with E-state index in [1.54, 1.807) is 18.5 Å². The quantitative estimate of drug-likeness (QED) is 0.715. The smallest absolute Gasteiger partial charge is 0.262 e. The molecule has 9 heteroatoms. The number of hydrogen-bond acceptors (Lipinski definition) is 5. The molecule has 0 atom stereocenters. The van der Waals surface area contributed by atoms with Crippen molar-refractivity contribution < 1.29 is 13.2 Å². The summed E-state index contributed by atoms with van der Waals surface area (Å²) in [6.07, 6.45) is 2.56. The van der Waals surface area contributed by atoms with Gasteiger partial charge < -0.3 is 14.8 Å². The van der Waals surface area contributed by atoms with Gasteiger partial charge in [0.05, 0.1) is 0 Å². The zero-order chi connectivity index (χ0) is 21.9. The molecule has 30 heavy (non-hydrogen) atoms. The number of amides is 1. The molecule has 1 aromatic carbocycles. The summed E-state index contributed by atoms with van der Waals surface area (Å²) < 4.78 is 28.7. The molecule has 0 radical (unpaired) electrons. The number of imidazole rings is 1. The highest BCUT2D eigenvalue weighted by Crippen LogP contribution is 2.23. The first-order valence-electron chi connectivity index (χ1n) is 10.2. The van der Waals surface area contributed by atoms with Crippen LogP contribution in [0.4, 0.5) is 0 Å². The van der Waals surface area contributed by atoms with Gasteiger partial charge in [0.1, 0.15) is 5.82 Å². The Hall–Kier alpha value is -2.23. The molecule has 1 N–H and O–H groups in total. The Bertz CT molecular complexity index is 955. The Balaban J connectivity index is 1.50. The minimum Gasteiger partial charge on any atom is -0.352 e. The molecule has 1 saturated heterocycles. The van der Waals surface area contributed by atoms with Crippen LogP contribution in [0, 0.1) is 12.8 Å². The van der Waals surface area contributed by atoms with Gasteiger partial charge in [0.15, 0.2) is 5.03 Å². The van der Waals surface area contributed by atoms with E-state index in [0.717, 1.165) is 12.1 Å². The van der Waals surface area contributed by atoms with Crippen LogP contribution in [0.2, 0.25) is 0 Å². The number of piperidine rings is 1. The van der Waals surface area contributed by atoms with Crippen molar-refractivity contribution in [2.75, 3.05) is 27.2 Å². The molecule has 1 fully saturated rings. The van der Waals surface area contributed by atoms with Gasteiger partial charge in [-0.2, -0.15) is 4.31 Å². The zero-order valence-electron chi connectivity index (χ0n) is 18.1. The number of sulfonamides is 1. The van der Waals surface area contributed by atoms with E-state index in [0.29, 0.717) is 38.3 Å². The van der Waals surface area contributed by atoms with Crippen LogP contribution in [0.25, 0.3) is 0 Å². The maximum Gasteiger partial charge on any atom is 0.262 e. The van der Waals surface area contributed by atoms with E-state index in [1.165, 1.54) is 16.1 Å². The number of nitrogens with one attached hydrogen (secondary N) is 1. The fourth-order valence-corrected chi connectivity index (χ4v) is 5.10. The lowest BCUT2D eigenvalue weighted by Crippen LogP contribution is -2.43. The first-order valence-corrected chi connectivity index (χ1v) is 11.6. The summed E-state index contributed by atoms with van der Waals surface area (Å²) >= 11 is 0. The molecule has 1 amide bonds. The average molecular weight is 434 g/mol. The Morgan fingerprint density at radius 3 is 2.30 bits per heavy atom. The number of nitrogens with zero attached hydrogens (tertiary/aromatic N) is 4. The highest BCUT2D eigenvalue weighted by molar-refractivity contribution is 7.89. The summed E-state index contributed by atoms with van der Waals surface area (Å²) in [6, 6.07) is 8.21. The molecule has 0 unspecified atom stereocenters. The van der Waals surface area contributed by atoms with E-state index < -0.39 is 10.0 Å². The summed E-state index contributed by atoms with van der Waals surface area (Å²) in [5.41, 5.74) is 2.28. The number of carbonyl (C=O) groups is 1. The summed E-state index contributed by atoms with van der Waals surface area (Å²) in [6.45, 7) is 3.79. The van der Waals surface area contributed by atoms with Crippen molar-refractivity contribution in [3.8, 4) is 0 Å². The molecule has 0 bridgehead atoms. The van der Waals surface area contributed by atoms with Gasteiger partial charge in [-0.3, -0.25) is 4.79 Å². The number of aryl methyl sites for hydroxylation is 2. The number of benzene rings is 1. The fraction of sp³-hybridized carbons (Fsp3) is 0.524. The van der Waals surface area contributed by atoms with Gasteiger partial charge in [0, 0.05) is 45.3 Å². The van der Waals surface area contributed by atoms with Gasteiger partial charge in [-0.15, -0.1) is 0 Å². The Kier molecular flexibility index (Phi) is 6.95. The summed E-state index contributed by atoms with van der Waals surface area (Å²) in [7, 11) is 2.22. The third-order valence-electron chi connectivity index (χ3n) is 5.50. The van der Waals surface area contributed by atoms with Gasteiger partial charge >= 0.3 is 0 Å². The van der Waals surface area contributed by atoms with Crippen LogP contribution in [0.3, 0.4) is 0 Å². The van der Waals surface area contributed by atoms with Crippen LogP contribution < -0.4 is 5.32 Å². The normalized spacial score (nSPS) is 16.2. The van der Waals surface area contributed by atoms with Crippen LogP contribution in [-0.4, -0.2) is 60.3 Å². The van der Waals surface area contributed by atoms with Gasteiger partial charge in [-0.25, -0.2) is 13.4 Å². The second-order valence-corrected chi connectivity index (χ2v) is 10.1. The number of rotatable bonds is 7. The van der Waals surface area contributed by atoms with E-state index in [9.17, 15) is 13.2 Å². The molecular formula is C21H31N5O3S. The van der Waals surface area contributed by atoms with Gasteiger partial charge in [0.25, 0.3) is 10.0 Å². The van der Waals surface area contributed by atoms with Gasteiger partial charge in [-0.1, -0.05) is 24.3 Å². The minimum atomic E-state index is -3.61. The van der Waals surface area contributed by atoms with Crippen LogP contribution >= 0.6 is 0 Å². The molecular weight excluding hydrogens is 402 g/mol. The van der Waals surface area contributed by atoms with Gasteiger partial charge in [-0.05, 0) is 45.0 Å². The average Bonchev–Trinajstić information content (AvgIpc) is 3.06. The second-order valence-electron chi connectivity index (χ2n) is 8.19. The highest BCUT2D eigenvalue weighted by atomic mass is 32.2. The van der Waals surface area contributed by atoms with E-state index in [4.69, 9.17) is 0 Å². The third kappa shape index (κ3) is 5.27. The van der Waals surface area contributed by atoms with Crippen LogP contribution in [-0.2, 0) is 35.0 Å². The molecule has 164 valence electrons. The molecule has 0 spiro atoms. The predicted molar refractivity (Wildman–Crippen MR) is 115 cm³/mol. The van der Waals surface area contributed by atoms with Crippen molar-refractivity contribution >= 4 is 15.9 Å². The third-order valence-corrected chi connectivity index (χ3v) is 7.27. The molecule has 3 rings (SSSR count). The Labute approximate surface area is 178 Å². The molecule has 0 aliphatic carbocycles. The van der Waals surface area contributed by atoms with Crippen LogP contribution in [0.15, 0.2) is 35.5 Å². The number of aromatic nitrogens is 2. The molecule has 1 aliphatic rings. The van der Waals surface area contributed by atoms with E-state index in [1.807, 2.05) is 26.2 Å². The topological polar surface area (TPSA) is 87.5 Å². The first kappa shape index (κ1) is 22.5. The van der Waals surface area contributed by atoms with Crippen molar-refractivity contribution in [1.82, 2.24) is 24.1 Å². The van der Waals surface area contributed by atoms with E-state index in [-0.39, 0.29) is 16.9 Å². The van der Waals surface area contributed by atoms with E-state index >= 15 is 0 Å². The van der Waals surface area contributed by atoms with Crippen molar-refractivity contribution in [1.29, 1.82) is 0 Å². The summed E-state index contributed by atoms with van der Waals surface area (Å²) in [4.78, 5) is 18.8. The summed E-state index contributed by atoms with van der Waals surface area (Å²) in [5.74, 6) is 0.464. The first-order chi connectivity index (χ1) is 14.2. The lowest BCUT2D eigenvalue weighted by molar-refractivity contribution is -0.126. The Morgan fingerprint density at radius 1 is 1.17 bits per heavy atom. The largest absolute Gasteiger partial charge is 0.352 e. The van der Waals surface area contributed by atoms with Crippen LogP contribution in [0.1, 0.15) is 29.8 Å². The Morgan fingerprint density at radius 2 is 1.77 bits per heavy atom. The maximum atomic E-state index is 12.8. The van der Waals surface area contributed by atoms with E-state index in [2.05, 4.69) is 27.3 Å². The number of hydrogen-bond donors (Lipinski definition) is 1.